The van der Waals surface area contributed by atoms with Gasteiger partial charge < -0.3 is 19.7 Å². The van der Waals surface area contributed by atoms with Gasteiger partial charge in [-0.15, -0.1) is 0 Å². The molecule has 19 heteroatoms. The molecule has 0 aliphatic carbocycles. The van der Waals surface area contributed by atoms with Crippen molar-refractivity contribution < 1.29 is 71.8 Å². The summed E-state index contributed by atoms with van der Waals surface area (Å²) < 4.78 is 124. The number of benzene rings is 6. The summed E-state index contributed by atoms with van der Waals surface area (Å²) in [4.78, 5) is 7.17. The molecule has 0 fully saturated rings. The summed E-state index contributed by atoms with van der Waals surface area (Å²) in [5.41, 5.74) is 2.55. The fraction of sp³-hybridized carbons (Fsp3) is 0.250. The zero-order chi connectivity index (χ0) is 56.3. The number of phenolic OH excluding ortho intramolecular Hbond substituents is 2. The van der Waals surface area contributed by atoms with Gasteiger partial charge in [0.05, 0.1) is 0 Å². The van der Waals surface area contributed by atoms with Crippen molar-refractivity contribution in [3.8, 4) is 23.0 Å². The summed E-state index contributed by atoms with van der Waals surface area (Å²) in [6.07, 6.45) is 4.12. The minimum atomic E-state index is -1.74. The van der Waals surface area contributed by atoms with E-state index in [1.54, 1.807) is 12.1 Å². The maximum absolute atomic E-state index is 14.5. The molecule has 0 spiro atoms. The van der Waals surface area contributed by atoms with Gasteiger partial charge in [0.1, 0.15) is 36.1 Å². The first-order valence-corrected chi connectivity index (χ1v) is 27.7. The van der Waals surface area contributed by atoms with Gasteiger partial charge in [-0.05, 0) is 57.3 Å². The molecule has 6 rings (SSSR count). The van der Waals surface area contributed by atoms with Crippen LogP contribution in [-0.4, -0.2) is 35.9 Å². The minimum absolute atomic E-state index is 0.0160. The Morgan fingerprint density at radius 2 is 0.813 bits per heavy atom. The van der Waals surface area contributed by atoms with Crippen LogP contribution in [0.15, 0.2) is 108 Å². The zero-order valence-electron chi connectivity index (χ0n) is 41.9. The second kappa shape index (κ2) is 27.1. The van der Waals surface area contributed by atoms with Crippen LogP contribution in [0.1, 0.15) is 112 Å². The van der Waals surface area contributed by atoms with Gasteiger partial charge in [-0.1, -0.05) is 152 Å². The fourth-order valence-corrected chi connectivity index (χ4v) is 7.75. The predicted octanol–water partition coefficient (Wildman–Crippen LogP) is 18.1. The van der Waals surface area contributed by atoms with Crippen molar-refractivity contribution in [2.45, 2.75) is 78.1 Å². The first kappa shape index (κ1) is 62.2. The van der Waals surface area contributed by atoms with Crippen LogP contribution in [0.2, 0.25) is 10.0 Å². The van der Waals surface area contributed by atoms with Crippen LogP contribution < -0.4 is 9.47 Å². The van der Waals surface area contributed by atoms with E-state index < -0.39 is 86.4 Å². The van der Waals surface area contributed by atoms with Gasteiger partial charge in [-0.2, -0.15) is 17.6 Å². The van der Waals surface area contributed by atoms with E-state index in [1.807, 2.05) is 62.4 Å². The van der Waals surface area contributed by atoms with Crippen molar-refractivity contribution in [1.82, 2.24) is 0 Å². The Morgan fingerprint density at radius 1 is 0.533 bits per heavy atom. The Bertz CT molecular complexity index is 2810. The Balaban J connectivity index is 0.000000308. The Morgan fingerprint density at radius 3 is 1.07 bits per heavy atom. The monoisotopic (exact) mass is 1160 g/mol. The maximum atomic E-state index is 14.5. The average Bonchev–Trinajstić information content (AvgIpc) is 3.36. The molecule has 0 bridgehead atoms. The molecule has 398 valence electrons. The Hall–Kier alpha value is -5.35. The van der Waals surface area contributed by atoms with Crippen LogP contribution in [0.5, 0.6) is 23.0 Å². The first-order chi connectivity index (χ1) is 35.1. The van der Waals surface area contributed by atoms with E-state index in [1.165, 1.54) is 24.3 Å². The molecule has 0 radical (unpaired) electrons. The number of ether oxygens (including phenoxy) is 2. The van der Waals surface area contributed by atoms with E-state index in [0.717, 1.165) is 34.7 Å². The van der Waals surface area contributed by atoms with Crippen LogP contribution in [0.25, 0.3) is 0 Å². The summed E-state index contributed by atoms with van der Waals surface area (Å²) in [5, 5.41) is 22.2. The molecule has 0 aliphatic rings. The van der Waals surface area contributed by atoms with E-state index >= 15 is 0 Å². The number of rotatable bonds is 14. The molecule has 75 heavy (non-hydrogen) atoms. The van der Waals surface area contributed by atoms with Crippen molar-refractivity contribution >= 4 is 65.6 Å². The second-order valence-electron chi connectivity index (χ2n) is 18.7. The van der Waals surface area contributed by atoms with Crippen LogP contribution >= 0.6 is 41.8 Å². The molecule has 0 aromatic heterocycles. The third kappa shape index (κ3) is 15.4. The van der Waals surface area contributed by atoms with E-state index in [0.29, 0.717) is 11.1 Å². The summed E-state index contributed by atoms with van der Waals surface area (Å²) in [5.74, 6) is -17.3. The average molecular weight is 1160 g/mol. The van der Waals surface area contributed by atoms with Crippen LogP contribution in [0, 0.1) is 46.5 Å². The molecule has 6 nitrogen and oxygen atoms in total. The predicted molar refractivity (Wildman–Crippen MR) is 282 cm³/mol. The first-order valence-electron chi connectivity index (χ1n) is 22.6. The summed E-state index contributed by atoms with van der Waals surface area (Å²) in [6, 6.07) is 21.6. The van der Waals surface area contributed by atoms with Crippen molar-refractivity contribution in [1.29, 1.82) is 0 Å². The SMILES string of the molecule is C=CCOc1c(F)c(F)c(N=Cc2cc(Cl)cc(C(C)c3ccc(C(C)(C)C)cc3)c2O)c(F)c1F.C=CCOc1c(F)c(F)c(N=Cc2cc(Cl)cc(C(C)c3ccc(C(C)(C)C)cc3)c2O)c(F)c1F.[Cl][Ti][Cl]. The normalized spacial score (nSPS) is 12.4. The third-order valence-electron chi connectivity index (χ3n) is 11.5. The molecule has 2 N–H and O–H groups in total. The van der Waals surface area contributed by atoms with Crippen molar-refractivity contribution in [3.63, 3.8) is 0 Å². The summed E-state index contributed by atoms with van der Waals surface area (Å²) >= 11 is 11.9. The molecule has 0 heterocycles. The topological polar surface area (TPSA) is 83.6 Å². The standard InChI is InChI=1S/2C28H26ClF4NO2.2ClH.Ti/c2*1-6-11-36-27-23(32)21(30)25(22(31)24(27)33)34-14-17-12-19(29)13-20(26(17)35)15(2)16-7-9-18(10-8-16)28(3,4)5;;;/h2*6-10,12-15,35H,1,11H2,2-5H3;2*1H;/q;;;;+2/p-2. The van der Waals surface area contributed by atoms with Gasteiger partial charge in [0, 0.05) is 56.6 Å². The molecule has 0 saturated carbocycles. The van der Waals surface area contributed by atoms with E-state index in [-0.39, 0.29) is 68.6 Å². The third-order valence-corrected chi connectivity index (χ3v) is 11.9. The molecule has 0 aliphatic heterocycles. The van der Waals surface area contributed by atoms with Gasteiger partial charge in [0.15, 0.2) is 34.8 Å². The number of hydrogen-bond acceptors (Lipinski definition) is 6. The molecular formula is C56H52Cl4F8N2O4Ti. The Kier molecular flexibility index (Phi) is 22.5. The van der Waals surface area contributed by atoms with E-state index in [9.17, 15) is 45.3 Å². The summed E-state index contributed by atoms with van der Waals surface area (Å²) in [7, 11) is 9.78. The van der Waals surface area contributed by atoms with Gasteiger partial charge in [0.2, 0.25) is 23.3 Å². The zero-order valence-corrected chi connectivity index (χ0v) is 46.4. The number of halogens is 12. The van der Waals surface area contributed by atoms with Gasteiger partial charge in [0.25, 0.3) is 0 Å². The van der Waals surface area contributed by atoms with Crippen molar-refractivity contribution in [2.24, 2.45) is 9.98 Å². The molecule has 6 aromatic rings. The van der Waals surface area contributed by atoms with Crippen LogP contribution in [0.4, 0.5) is 46.5 Å². The second-order valence-corrected chi connectivity index (χ2v) is 22.2. The molecule has 0 saturated heterocycles. The van der Waals surface area contributed by atoms with Crippen LogP contribution in [0.3, 0.4) is 0 Å². The van der Waals surface area contributed by atoms with Crippen LogP contribution in [-0.2, 0) is 27.9 Å². The number of phenols is 2. The van der Waals surface area contributed by atoms with E-state index in [4.69, 9.17) is 41.8 Å². The molecule has 6 aromatic carbocycles. The van der Waals surface area contributed by atoms with E-state index in [2.05, 4.69) is 74.2 Å². The van der Waals surface area contributed by atoms with Gasteiger partial charge in [-0.3, -0.25) is 0 Å². The number of aliphatic imine (C=N–C) groups is 2. The van der Waals surface area contributed by atoms with Crippen molar-refractivity contribution in [2.75, 3.05) is 13.2 Å². The van der Waals surface area contributed by atoms with Gasteiger partial charge in [-0.25, -0.2) is 27.5 Å². The number of hydrogen-bond donors (Lipinski definition) is 2. The number of nitrogens with zero attached hydrogens (tertiary/aromatic N) is 2. The fourth-order valence-electron chi connectivity index (χ4n) is 7.28. The molecule has 0 amide bonds. The molecule has 2 atom stereocenters. The quantitative estimate of drug-likeness (QED) is 0.0374. The van der Waals surface area contributed by atoms with Gasteiger partial charge >= 0.3 is 35.6 Å². The van der Waals surface area contributed by atoms with Crippen molar-refractivity contribution in [3.05, 3.63) is 199 Å². The molecule has 2 unspecified atom stereocenters. The molecular weight excluding hydrogens is 1110 g/mol. The summed E-state index contributed by atoms with van der Waals surface area (Å²) in [6.45, 7) is 22.3. The Labute approximate surface area is 458 Å². The number of aromatic hydroxyl groups is 2.